The molecule has 0 spiro atoms. The average Bonchev–Trinajstić information content (AvgIpc) is 2.82. The van der Waals surface area contributed by atoms with Crippen molar-refractivity contribution in [2.45, 2.75) is 65.2 Å². The molecular weight excluding hydrogens is 399 g/mol. The third-order valence-electron chi connectivity index (χ3n) is 6.31. The highest BCUT2D eigenvalue weighted by molar-refractivity contribution is 6.05. The monoisotopic (exact) mass is 430 g/mol. The van der Waals surface area contributed by atoms with Crippen LogP contribution in [0.25, 0.3) is 32.9 Å². The molecule has 3 aromatic carbocycles. The van der Waals surface area contributed by atoms with Crippen molar-refractivity contribution in [2.75, 3.05) is 0 Å². The van der Waals surface area contributed by atoms with Gasteiger partial charge in [0.1, 0.15) is 0 Å². The van der Waals surface area contributed by atoms with Crippen LogP contribution >= 0.6 is 0 Å². The summed E-state index contributed by atoms with van der Waals surface area (Å²) in [5, 5.41) is 1.87. The van der Waals surface area contributed by atoms with Crippen LogP contribution in [0.1, 0.15) is 63.5 Å². The minimum atomic E-state index is -0.491. The number of fused-ring (bicyclic) bond motifs is 3. The van der Waals surface area contributed by atoms with Gasteiger partial charge in [-0.3, -0.25) is 0 Å². The van der Waals surface area contributed by atoms with Gasteiger partial charge in [0.05, 0.1) is 5.39 Å². The zero-order valence-electron chi connectivity index (χ0n) is 19.0. The van der Waals surface area contributed by atoms with Gasteiger partial charge >= 0.3 is 5.63 Å². The van der Waals surface area contributed by atoms with Crippen LogP contribution in [0.5, 0.6) is 0 Å². The van der Waals surface area contributed by atoms with Crippen molar-refractivity contribution in [2.24, 2.45) is 0 Å². The Balaban J connectivity index is 1.68. The zero-order chi connectivity index (χ0) is 22.5. The molecule has 3 heteroatoms. The Morgan fingerprint density at radius 3 is 2.09 bits per heavy atom. The quantitative estimate of drug-likeness (QED) is 0.152. The van der Waals surface area contributed by atoms with Gasteiger partial charge in [-0.05, 0) is 54.0 Å². The van der Waals surface area contributed by atoms with Crippen LogP contribution in [-0.4, -0.2) is 0 Å². The van der Waals surface area contributed by atoms with Crippen molar-refractivity contribution >= 4 is 21.7 Å². The van der Waals surface area contributed by atoms with E-state index >= 15 is 4.39 Å². The third-order valence-corrected chi connectivity index (χ3v) is 6.31. The van der Waals surface area contributed by atoms with Gasteiger partial charge in [-0.25, -0.2) is 9.18 Å². The van der Waals surface area contributed by atoms with Gasteiger partial charge < -0.3 is 4.42 Å². The second kappa shape index (κ2) is 10.1. The summed E-state index contributed by atoms with van der Waals surface area (Å²) in [6, 6.07) is 18.0. The molecule has 0 bridgehead atoms. The number of unbranched alkanes of at least 4 members (excludes halogenated alkanes) is 4. The van der Waals surface area contributed by atoms with E-state index in [2.05, 4.69) is 38.1 Å². The molecule has 0 unspecified atom stereocenters. The normalized spacial score (nSPS) is 11.5. The van der Waals surface area contributed by atoms with Crippen molar-refractivity contribution in [3.8, 4) is 11.1 Å². The molecule has 0 aliphatic heterocycles. The standard InChI is InChI=1S/C29H31FO2/c1-3-5-7-9-20-11-13-21(14-12-20)23-16-17-24-25-18-15-22(10-8-6-4-2)27(30)28(25)32-29(31)26(24)19-23/h11-19H,3-10H2,1-2H3. The van der Waals surface area contributed by atoms with E-state index in [0.29, 0.717) is 22.8 Å². The van der Waals surface area contributed by atoms with Crippen LogP contribution in [0.15, 0.2) is 63.8 Å². The summed E-state index contributed by atoms with van der Waals surface area (Å²) in [6.07, 6.45) is 8.49. The van der Waals surface area contributed by atoms with Crippen molar-refractivity contribution in [3.05, 3.63) is 82.0 Å². The van der Waals surface area contributed by atoms with E-state index in [1.807, 2.05) is 30.3 Å². The van der Waals surface area contributed by atoms with Gasteiger partial charge in [0.25, 0.3) is 0 Å². The Morgan fingerprint density at radius 1 is 0.719 bits per heavy atom. The minimum absolute atomic E-state index is 0.0701. The highest BCUT2D eigenvalue weighted by Gasteiger charge is 2.15. The van der Waals surface area contributed by atoms with Crippen LogP contribution in [-0.2, 0) is 12.8 Å². The van der Waals surface area contributed by atoms with E-state index in [4.69, 9.17) is 4.42 Å². The summed E-state index contributed by atoms with van der Waals surface area (Å²) < 4.78 is 20.6. The summed E-state index contributed by atoms with van der Waals surface area (Å²) >= 11 is 0. The van der Waals surface area contributed by atoms with Crippen molar-refractivity contribution in [1.29, 1.82) is 0 Å². The predicted octanol–water partition coefficient (Wildman–Crippen LogP) is 8.22. The first kappa shape index (κ1) is 22.3. The maximum atomic E-state index is 15.1. The van der Waals surface area contributed by atoms with Gasteiger partial charge in [0.2, 0.25) is 0 Å². The number of halogens is 1. The molecular formula is C29H31FO2. The molecule has 2 nitrogen and oxygen atoms in total. The number of hydrogen-bond donors (Lipinski definition) is 0. The summed E-state index contributed by atoms with van der Waals surface area (Å²) in [5.74, 6) is -0.402. The Labute approximate surface area is 189 Å². The fourth-order valence-corrected chi connectivity index (χ4v) is 4.39. The Kier molecular flexibility index (Phi) is 7.04. The molecule has 0 N–H and O–H groups in total. The van der Waals surface area contributed by atoms with Crippen LogP contribution in [0.3, 0.4) is 0 Å². The minimum Gasteiger partial charge on any atom is -0.419 e. The molecule has 1 heterocycles. The lowest BCUT2D eigenvalue weighted by Crippen LogP contribution is -2.02. The van der Waals surface area contributed by atoms with Gasteiger partial charge in [0.15, 0.2) is 11.4 Å². The molecule has 4 rings (SSSR count). The van der Waals surface area contributed by atoms with Gasteiger partial charge in [0, 0.05) is 10.8 Å². The Morgan fingerprint density at radius 2 is 1.38 bits per heavy atom. The summed E-state index contributed by atoms with van der Waals surface area (Å²) in [7, 11) is 0. The van der Waals surface area contributed by atoms with Gasteiger partial charge in [-0.1, -0.05) is 88.1 Å². The van der Waals surface area contributed by atoms with E-state index in [9.17, 15) is 4.79 Å². The SMILES string of the molecule is CCCCCc1ccc(-c2ccc3c(c2)c(=O)oc2c(F)c(CCCCC)ccc23)cc1. The largest absolute Gasteiger partial charge is 0.419 e. The zero-order valence-corrected chi connectivity index (χ0v) is 19.0. The summed E-state index contributed by atoms with van der Waals surface area (Å²) in [6.45, 7) is 4.33. The molecule has 0 radical (unpaired) electrons. The van der Waals surface area contributed by atoms with Crippen molar-refractivity contribution in [3.63, 3.8) is 0 Å². The summed E-state index contributed by atoms with van der Waals surface area (Å²) in [4.78, 5) is 12.8. The lowest BCUT2D eigenvalue weighted by molar-refractivity contribution is 0.522. The fourth-order valence-electron chi connectivity index (χ4n) is 4.39. The summed E-state index contributed by atoms with van der Waals surface area (Å²) in [5.41, 5.74) is 3.54. The third kappa shape index (κ3) is 4.62. The predicted molar refractivity (Wildman–Crippen MR) is 132 cm³/mol. The molecule has 0 aliphatic carbocycles. The first-order valence-corrected chi connectivity index (χ1v) is 11.9. The molecule has 0 atom stereocenters. The Hall–Kier alpha value is -2.94. The lowest BCUT2D eigenvalue weighted by Gasteiger charge is -2.09. The van der Waals surface area contributed by atoms with Crippen LogP contribution in [0.4, 0.5) is 4.39 Å². The molecule has 0 amide bonds. The highest BCUT2D eigenvalue weighted by Crippen LogP contribution is 2.30. The molecule has 0 saturated heterocycles. The maximum absolute atomic E-state index is 15.1. The van der Waals surface area contributed by atoms with Crippen LogP contribution < -0.4 is 5.63 Å². The highest BCUT2D eigenvalue weighted by atomic mass is 19.1. The second-order valence-electron chi connectivity index (χ2n) is 8.68. The molecule has 32 heavy (non-hydrogen) atoms. The first-order chi connectivity index (χ1) is 15.6. The Bertz CT molecular complexity index is 1270. The lowest BCUT2D eigenvalue weighted by atomic mass is 9.97. The van der Waals surface area contributed by atoms with Crippen LogP contribution in [0, 0.1) is 5.82 Å². The van der Waals surface area contributed by atoms with E-state index in [-0.39, 0.29) is 5.58 Å². The van der Waals surface area contributed by atoms with Crippen LogP contribution in [0.2, 0.25) is 0 Å². The van der Waals surface area contributed by atoms with Crippen molar-refractivity contribution < 1.29 is 8.81 Å². The maximum Gasteiger partial charge on any atom is 0.344 e. The molecule has 166 valence electrons. The van der Waals surface area contributed by atoms with Gasteiger partial charge in [-0.2, -0.15) is 0 Å². The van der Waals surface area contributed by atoms with E-state index in [1.54, 1.807) is 0 Å². The topological polar surface area (TPSA) is 30.2 Å². The molecule has 0 fully saturated rings. The fraction of sp³-hybridized carbons (Fsp3) is 0.345. The number of benzene rings is 3. The number of aryl methyl sites for hydroxylation is 2. The average molecular weight is 431 g/mol. The first-order valence-electron chi connectivity index (χ1n) is 11.9. The molecule has 0 saturated carbocycles. The van der Waals surface area contributed by atoms with Crippen molar-refractivity contribution in [1.82, 2.24) is 0 Å². The van der Waals surface area contributed by atoms with E-state index < -0.39 is 11.4 Å². The second-order valence-corrected chi connectivity index (χ2v) is 8.68. The van der Waals surface area contributed by atoms with Gasteiger partial charge in [-0.15, -0.1) is 0 Å². The van der Waals surface area contributed by atoms with E-state index in [0.717, 1.165) is 42.2 Å². The number of rotatable bonds is 9. The molecule has 4 aromatic rings. The molecule has 1 aromatic heterocycles. The van der Waals surface area contributed by atoms with E-state index in [1.165, 1.54) is 24.8 Å². The number of hydrogen-bond acceptors (Lipinski definition) is 2. The molecule has 0 aliphatic rings. The smallest absolute Gasteiger partial charge is 0.344 e.